The summed E-state index contributed by atoms with van der Waals surface area (Å²) in [6.07, 6.45) is 3.92. The molecule has 0 radical (unpaired) electrons. The van der Waals surface area contributed by atoms with E-state index in [1.54, 1.807) is 0 Å². The second-order valence-corrected chi connectivity index (χ2v) is 5.29. The third-order valence-electron chi connectivity index (χ3n) is 2.80. The molecule has 2 rings (SSSR count). The van der Waals surface area contributed by atoms with Gasteiger partial charge in [0, 0.05) is 28.4 Å². The Morgan fingerprint density at radius 3 is 2.88 bits per heavy atom. The van der Waals surface area contributed by atoms with Crippen LogP contribution in [0.3, 0.4) is 0 Å². The van der Waals surface area contributed by atoms with Gasteiger partial charge in [0.25, 0.3) is 0 Å². The van der Waals surface area contributed by atoms with Crippen LogP contribution < -0.4 is 5.73 Å². The smallest absolute Gasteiger partial charge is 0.0456 e. The van der Waals surface area contributed by atoms with E-state index in [4.69, 9.17) is 5.73 Å². The van der Waals surface area contributed by atoms with Crippen molar-refractivity contribution in [3.05, 3.63) is 36.0 Å². The summed E-state index contributed by atoms with van der Waals surface area (Å²) in [6, 6.07) is 8.51. The third-order valence-corrected chi connectivity index (χ3v) is 3.01. The minimum Gasteiger partial charge on any atom is -0.361 e. The number of thiol groups is 1. The summed E-state index contributed by atoms with van der Waals surface area (Å²) >= 11 is 4.37. The highest BCUT2D eigenvalue weighted by Crippen LogP contribution is 2.19. The van der Waals surface area contributed by atoms with Gasteiger partial charge in [0.1, 0.15) is 0 Å². The molecule has 1 aromatic heterocycles. The van der Waals surface area contributed by atoms with E-state index in [0.717, 1.165) is 12.8 Å². The summed E-state index contributed by atoms with van der Waals surface area (Å²) in [5.41, 5.74) is 8.58. The van der Waals surface area contributed by atoms with Crippen molar-refractivity contribution >= 4 is 23.5 Å². The predicted octanol–water partition coefficient (Wildman–Crippen LogP) is 2.75. The molecule has 0 amide bonds. The SMILES string of the molecule is CC(S)CC(N)Cc1c[nH]c2ccccc12. The highest BCUT2D eigenvalue weighted by molar-refractivity contribution is 7.80. The van der Waals surface area contributed by atoms with Gasteiger partial charge in [-0.05, 0) is 24.5 Å². The predicted molar refractivity (Wildman–Crippen MR) is 73.0 cm³/mol. The molecular formula is C13H18N2S. The molecule has 2 unspecified atom stereocenters. The number of benzene rings is 1. The molecule has 2 aromatic rings. The van der Waals surface area contributed by atoms with Gasteiger partial charge in [-0.15, -0.1) is 0 Å². The Labute approximate surface area is 102 Å². The van der Waals surface area contributed by atoms with Gasteiger partial charge in [0.2, 0.25) is 0 Å². The van der Waals surface area contributed by atoms with E-state index in [0.29, 0.717) is 5.25 Å². The van der Waals surface area contributed by atoms with Crippen molar-refractivity contribution in [3.8, 4) is 0 Å². The van der Waals surface area contributed by atoms with Crippen LogP contribution in [0.4, 0.5) is 0 Å². The van der Waals surface area contributed by atoms with Crippen LogP contribution in [0.15, 0.2) is 30.5 Å². The first-order chi connectivity index (χ1) is 7.66. The van der Waals surface area contributed by atoms with Crippen LogP contribution in [0.25, 0.3) is 10.9 Å². The number of para-hydroxylation sites is 1. The van der Waals surface area contributed by atoms with E-state index < -0.39 is 0 Å². The number of H-pyrrole nitrogens is 1. The molecule has 0 saturated heterocycles. The van der Waals surface area contributed by atoms with Gasteiger partial charge in [0.05, 0.1) is 0 Å². The standard InChI is InChI=1S/C13H18N2S/c1-9(16)6-11(14)7-10-8-15-13-5-3-2-4-12(10)13/h2-5,8-9,11,15-16H,6-7,14H2,1H3. The van der Waals surface area contributed by atoms with Crippen molar-refractivity contribution in [3.63, 3.8) is 0 Å². The fraction of sp³-hybridized carbons (Fsp3) is 0.385. The number of fused-ring (bicyclic) bond motifs is 1. The van der Waals surface area contributed by atoms with Crippen LogP contribution in [0.1, 0.15) is 18.9 Å². The van der Waals surface area contributed by atoms with E-state index in [9.17, 15) is 0 Å². The van der Waals surface area contributed by atoms with Gasteiger partial charge < -0.3 is 10.7 Å². The topological polar surface area (TPSA) is 41.8 Å². The van der Waals surface area contributed by atoms with Gasteiger partial charge in [-0.1, -0.05) is 25.1 Å². The first-order valence-electron chi connectivity index (χ1n) is 5.65. The van der Waals surface area contributed by atoms with Gasteiger partial charge in [0.15, 0.2) is 0 Å². The van der Waals surface area contributed by atoms with Crippen molar-refractivity contribution in [1.29, 1.82) is 0 Å². The van der Waals surface area contributed by atoms with Crippen molar-refractivity contribution in [2.75, 3.05) is 0 Å². The van der Waals surface area contributed by atoms with Crippen LogP contribution in [-0.2, 0) is 6.42 Å². The Bertz CT molecular complexity index is 462. The Morgan fingerprint density at radius 1 is 1.38 bits per heavy atom. The molecule has 3 N–H and O–H groups in total. The molecule has 0 aliphatic carbocycles. The van der Waals surface area contributed by atoms with Crippen molar-refractivity contribution < 1.29 is 0 Å². The first kappa shape index (κ1) is 11.6. The quantitative estimate of drug-likeness (QED) is 0.700. The third kappa shape index (κ3) is 2.60. The zero-order valence-corrected chi connectivity index (χ0v) is 10.4. The fourth-order valence-electron chi connectivity index (χ4n) is 2.10. The number of rotatable bonds is 4. The number of nitrogens with one attached hydrogen (secondary N) is 1. The Kier molecular flexibility index (Phi) is 3.56. The van der Waals surface area contributed by atoms with Crippen molar-refractivity contribution in [2.24, 2.45) is 5.73 Å². The van der Waals surface area contributed by atoms with Crippen LogP contribution in [0, 0.1) is 0 Å². The molecule has 86 valence electrons. The molecule has 0 bridgehead atoms. The van der Waals surface area contributed by atoms with Crippen LogP contribution in [-0.4, -0.2) is 16.3 Å². The molecule has 0 spiro atoms. The summed E-state index contributed by atoms with van der Waals surface area (Å²) in [5, 5.41) is 1.64. The van der Waals surface area contributed by atoms with Gasteiger partial charge >= 0.3 is 0 Å². The second-order valence-electron chi connectivity index (χ2n) is 4.41. The molecular weight excluding hydrogens is 216 g/mol. The Hall–Kier alpha value is -0.930. The summed E-state index contributed by atoms with van der Waals surface area (Å²) in [7, 11) is 0. The largest absolute Gasteiger partial charge is 0.361 e. The van der Waals surface area contributed by atoms with E-state index in [1.165, 1.54) is 16.5 Å². The minimum atomic E-state index is 0.187. The van der Waals surface area contributed by atoms with Crippen LogP contribution >= 0.6 is 12.6 Å². The average molecular weight is 234 g/mol. The summed E-state index contributed by atoms with van der Waals surface area (Å²) < 4.78 is 0. The zero-order valence-electron chi connectivity index (χ0n) is 9.48. The molecule has 0 saturated carbocycles. The molecule has 2 atom stereocenters. The molecule has 2 nitrogen and oxygen atoms in total. The summed E-state index contributed by atoms with van der Waals surface area (Å²) in [6.45, 7) is 2.08. The average Bonchev–Trinajstić information content (AvgIpc) is 2.61. The van der Waals surface area contributed by atoms with Crippen LogP contribution in [0.2, 0.25) is 0 Å². The van der Waals surface area contributed by atoms with E-state index in [-0.39, 0.29) is 6.04 Å². The zero-order chi connectivity index (χ0) is 11.5. The van der Waals surface area contributed by atoms with Gasteiger partial charge in [-0.2, -0.15) is 12.6 Å². The number of nitrogens with two attached hydrogens (primary N) is 1. The number of hydrogen-bond acceptors (Lipinski definition) is 2. The minimum absolute atomic E-state index is 0.187. The molecule has 16 heavy (non-hydrogen) atoms. The van der Waals surface area contributed by atoms with Crippen LogP contribution in [0.5, 0.6) is 0 Å². The number of aromatic amines is 1. The fourth-order valence-corrected chi connectivity index (χ4v) is 2.38. The molecule has 1 heterocycles. The maximum atomic E-state index is 6.09. The first-order valence-corrected chi connectivity index (χ1v) is 6.17. The monoisotopic (exact) mass is 234 g/mol. The molecule has 0 aliphatic rings. The second kappa shape index (κ2) is 4.93. The lowest BCUT2D eigenvalue weighted by molar-refractivity contribution is 0.612. The number of hydrogen-bond donors (Lipinski definition) is 3. The maximum Gasteiger partial charge on any atom is 0.0456 e. The molecule has 0 fully saturated rings. The lowest BCUT2D eigenvalue weighted by Gasteiger charge is -2.12. The highest BCUT2D eigenvalue weighted by Gasteiger charge is 2.10. The Balaban J connectivity index is 2.15. The van der Waals surface area contributed by atoms with E-state index in [2.05, 4.69) is 48.9 Å². The number of aromatic nitrogens is 1. The summed E-state index contributed by atoms with van der Waals surface area (Å²) in [5.74, 6) is 0. The van der Waals surface area contributed by atoms with E-state index in [1.807, 2.05) is 6.07 Å². The summed E-state index contributed by atoms with van der Waals surface area (Å²) in [4.78, 5) is 3.27. The lowest BCUT2D eigenvalue weighted by atomic mass is 10.0. The van der Waals surface area contributed by atoms with Crippen molar-refractivity contribution in [2.45, 2.75) is 31.1 Å². The maximum absolute atomic E-state index is 6.09. The Morgan fingerprint density at radius 2 is 2.12 bits per heavy atom. The molecule has 0 aliphatic heterocycles. The molecule has 1 aromatic carbocycles. The van der Waals surface area contributed by atoms with E-state index >= 15 is 0 Å². The lowest BCUT2D eigenvalue weighted by Crippen LogP contribution is -2.25. The molecule has 3 heteroatoms. The van der Waals surface area contributed by atoms with Gasteiger partial charge in [-0.3, -0.25) is 0 Å². The van der Waals surface area contributed by atoms with Gasteiger partial charge in [-0.25, -0.2) is 0 Å². The normalized spacial score (nSPS) is 15.2. The van der Waals surface area contributed by atoms with Crippen molar-refractivity contribution in [1.82, 2.24) is 4.98 Å². The highest BCUT2D eigenvalue weighted by atomic mass is 32.1.